The average Bonchev–Trinajstić information content (AvgIpc) is 2.33. The number of nitrogens with one attached hydrogen (secondary N) is 2. The predicted octanol–water partition coefficient (Wildman–Crippen LogP) is 0.00820. The predicted molar refractivity (Wildman–Crippen MR) is 71.1 cm³/mol. The molecule has 0 spiro atoms. The van der Waals surface area contributed by atoms with Gasteiger partial charge in [0.25, 0.3) is 0 Å². The molecule has 0 atom stereocenters. The highest BCUT2D eigenvalue weighted by Gasteiger charge is 2.04. The molecule has 0 aliphatic carbocycles. The van der Waals surface area contributed by atoms with E-state index in [1.54, 1.807) is 18.5 Å². The van der Waals surface area contributed by atoms with Crippen LogP contribution in [0.3, 0.4) is 0 Å². The molecule has 0 bridgehead atoms. The van der Waals surface area contributed by atoms with Crippen LogP contribution in [0.2, 0.25) is 0 Å². The Kier molecular flexibility index (Phi) is 5.99. The number of anilines is 1. The monoisotopic (exact) mass is 268 g/mol. The van der Waals surface area contributed by atoms with E-state index < -0.39 is 0 Å². The average molecular weight is 268 g/mol. The number of carbonyl (C=O) groups is 2. The number of aromatic nitrogens is 1. The number of rotatable bonds is 6. The number of nitrogen functional groups attached to an aromatic ring is 1. The van der Waals surface area contributed by atoms with Gasteiger partial charge in [-0.05, 0) is 6.07 Å². The number of pyridine rings is 1. The van der Waals surface area contributed by atoms with E-state index in [2.05, 4.69) is 15.6 Å². The van der Waals surface area contributed by atoms with Crippen molar-refractivity contribution in [3.63, 3.8) is 0 Å². The van der Waals surface area contributed by atoms with Crippen LogP contribution in [-0.2, 0) is 9.59 Å². The summed E-state index contributed by atoms with van der Waals surface area (Å²) in [4.78, 5) is 26.8. The van der Waals surface area contributed by atoms with Gasteiger partial charge in [-0.25, -0.2) is 0 Å². The molecule has 0 aliphatic heterocycles. The van der Waals surface area contributed by atoms with Crippen LogP contribution in [0.1, 0.15) is 6.92 Å². The first-order chi connectivity index (χ1) is 8.59. The number of amides is 2. The SMILES string of the molecule is CC(=O)NCCNC(=O)CSc1ccncc1N. The highest BCUT2D eigenvalue weighted by Crippen LogP contribution is 2.22. The fourth-order valence-electron chi connectivity index (χ4n) is 1.16. The first kappa shape index (κ1) is 14.3. The van der Waals surface area contributed by atoms with Gasteiger partial charge in [-0.15, -0.1) is 11.8 Å². The quantitative estimate of drug-likeness (QED) is 0.499. The molecule has 1 heterocycles. The molecular weight excluding hydrogens is 252 g/mol. The third kappa shape index (κ3) is 5.53. The van der Waals surface area contributed by atoms with Crippen molar-refractivity contribution >= 4 is 29.3 Å². The minimum Gasteiger partial charge on any atom is -0.397 e. The number of nitrogens with two attached hydrogens (primary N) is 1. The molecule has 0 saturated carbocycles. The second-order valence-corrected chi connectivity index (χ2v) is 4.55. The molecule has 98 valence electrons. The van der Waals surface area contributed by atoms with Crippen LogP contribution in [0.15, 0.2) is 23.4 Å². The van der Waals surface area contributed by atoms with E-state index in [0.717, 1.165) is 4.90 Å². The molecule has 1 aromatic rings. The summed E-state index contributed by atoms with van der Waals surface area (Å²) in [5.74, 6) is 0.0821. The van der Waals surface area contributed by atoms with E-state index >= 15 is 0 Å². The van der Waals surface area contributed by atoms with Crippen molar-refractivity contribution in [3.8, 4) is 0 Å². The Bertz CT molecular complexity index is 425. The van der Waals surface area contributed by atoms with Crippen LogP contribution < -0.4 is 16.4 Å². The first-order valence-electron chi connectivity index (χ1n) is 5.43. The molecule has 2 amide bonds. The van der Waals surface area contributed by atoms with Gasteiger partial charge in [-0.2, -0.15) is 0 Å². The van der Waals surface area contributed by atoms with Crippen LogP contribution >= 0.6 is 11.8 Å². The lowest BCUT2D eigenvalue weighted by molar-refractivity contribution is -0.120. The smallest absolute Gasteiger partial charge is 0.230 e. The van der Waals surface area contributed by atoms with Gasteiger partial charge >= 0.3 is 0 Å². The van der Waals surface area contributed by atoms with E-state index in [1.807, 2.05) is 0 Å². The van der Waals surface area contributed by atoms with Gasteiger partial charge in [-0.1, -0.05) is 0 Å². The lowest BCUT2D eigenvalue weighted by atomic mass is 10.4. The van der Waals surface area contributed by atoms with E-state index in [-0.39, 0.29) is 17.6 Å². The lowest BCUT2D eigenvalue weighted by Crippen LogP contribution is -2.34. The minimum atomic E-state index is -0.108. The Balaban J connectivity index is 2.21. The first-order valence-corrected chi connectivity index (χ1v) is 6.41. The number of nitrogens with zero attached hydrogens (tertiary/aromatic N) is 1. The Hall–Kier alpha value is -1.76. The standard InChI is InChI=1S/C11H16N4O2S/c1-8(16)14-4-5-15-11(17)7-18-10-2-3-13-6-9(10)12/h2-3,6H,4-5,7,12H2,1H3,(H,14,16)(H,15,17). The van der Waals surface area contributed by atoms with Gasteiger partial charge in [0.2, 0.25) is 11.8 Å². The Morgan fingerprint density at radius 3 is 2.78 bits per heavy atom. The van der Waals surface area contributed by atoms with Crippen molar-refractivity contribution in [2.75, 3.05) is 24.6 Å². The van der Waals surface area contributed by atoms with Gasteiger partial charge in [0.05, 0.1) is 17.6 Å². The zero-order chi connectivity index (χ0) is 13.4. The highest BCUT2D eigenvalue weighted by atomic mass is 32.2. The molecule has 0 unspecified atom stereocenters. The van der Waals surface area contributed by atoms with Gasteiger partial charge in [-0.3, -0.25) is 14.6 Å². The maximum atomic E-state index is 11.5. The summed E-state index contributed by atoms with van der Waals surface area (Å²) in [7, 11) is 0. The molecule has 4 N–H and O–H groups in total. The van der Waals surface area contributed by atoms with E-state index in [1.165, 1.54) is 18.7 Å². The maximum Gasteiger partial charge on any atom is 0.230 e. The molecule has 0 aromatic carbocycles. The Morgan fingerprint density at radius 2 is 2.11 bits per heavy atom. The van der Waals surface area contributed by atoms with E-state index in [0.29, 0.717) is 18.8 Å². The zero-order valence-electron chi connectivity index (χ0n) is 10.1. The van der Waals surface area contributed by atoms with Crippen LogP contribution in [0, 0.1) is 0 Å². The lowest BCUT2D eigenvalue weighted by Gasteiger charge is -2.06. The minimum absolute atomic E-state index is 0.0958. The van der Waals surface area contributed by atoms with Crippen molar-refractivity contribution in [2.24, 2.45) is 0 Å². The van der Waals surface area contributed by atoms with Gasteiger partial charge in [0, 0.05) is 31.1 Å². The van der Waals surface area contributed by atoms with Crippen molar-refractivity contribution in [1.29, 1.82) is 0 Å². The molecule has 7 heteroatoms. The van der Waals surface area contributed by atoms with E-state index in [9.17, 15) is 9.59 Å². The summed E-state index contributed by atoms with van der Waals surface area (Å²) < 4.78 is 0. The summed E-state index contributed by atoms with van der Waals surface area (Å²) in [6, 6.07) is 1.77. The fourth-order valence-corrected chi connectivity index (χ4v) is 1.93. The van der Waals surface area contributed by atoms with Crippen molar-refractivity contribution in [1.82, 2.24) is 15.6 Å². The fraction of sp³-hybridized carbons (Fsp3) is 0.364. The molecule has 0 aliphatic rings. The summed E-state index contributed by atoms with van der Waals surface area (Å²) in [6.45, 7) is 2.29. The second kappa shape index (κ2) is 7.54. The Morgan fingerprint density at radius 1 is 1.39 bits per heavy atom. The number of hydrogen-bond acceptors (Lipinski definition) is 5. The molecule has 1 aromatic heterocycles. The zero-order valence-corrected chi connectivity index (χ0v) is 10.9. The third-order valence-electron chi connectivity index (χ3n) is 1.99. The van der Waals surface area contributed by atoms with Gasteiger partial charge in [0.1, 0.15) is 0 Å². The summed E-state index contributed by atoms with van der Waals surface area (Å²) in [5, 5.41) is 5.29. The largest absolute Gasteiger partial charge is 0.397 e. The molecule has 0 fully saturated rings. The normalized spacial score (nSPS) is 9.83. The van der Waals surface area contributed by atoms with Gasteiger partial charge in [0.15, 0.2) is 0 Å². The molecular formula is C11H16N4O2S. The van der Waals surface area contributed by atoms with Crippen LogP contribution in [0.5, 0.6) is 0 Å². The molecule has 0 radical (unpaired) electrons. The summed E-state index contributed by atoms with van der Waals surface area (Å²) in [6.07, 6.45) is 3.18. The van der Waals surface area contributed by atoms with E-state index in [4.69, 9.17) is 5.73 Å². The number of carbonyl (C=O) groups excluding carboxylic acids is 2. The highest BCUT2D eigenvalue weighted by molar-refractivity contribution is 8.00. The number of thioether (sulfide) groups is 1. The third-order valence-corrected chi connectivity index (χ3v) is 3.08. The molecule has 6 nitrogen and oxygen atoms in total. The van der Waals surface area contributed by atoms with Crippen LogP contribution in [0.4, 0.5) is 5.69 Å². The maximum absolute atomic E-state index is 11.5. The van der Waals surface area contributed by atoms with Crippen molar-refractivity contribution in [2.45, 2.75) is 11.8 Å². The molecule has 18 heavy (non-hydrogen) atoms. The second-order valence-electron chi connectivity index (χ2n) is 3.54. The van der Waals surface area contributed by atoms with Gasteiger partial charge < -0.3 is 16.4 Å². The van der Waals surface area contributed by atoms with Crippen molar-refractivity contribution in [3.05, 3.63) is 18.5 Å². The summed E-state index contributed by atoms with van der Waals surface area (Å²) >= 11 is 1.36. The topological polar surface area (TPSA) is 97.1 Å². The Labute approximate surface area is 110 Å². The van der Waals surface area contributed by atoms with Crippen LogP contribution in [-0.4, -0.2) is 35.6 Å². The summed E-state index contributed by atoms with van der Waals surface area (Å²) in [5.41, 5.74) is 6.26. The molecule has 0 saturated heterocycles. The van der Waals surface area contributed by atoms with Crippen LogP contribution in [0.25, 0.3) is 0 Å². The molecule has 1 rings (SSSR count). The van der Waals surface area contributed by atoms with Crippen molar-refractivity contribution < 1.29 is 9.59 Å². The number of hydrogen-bond donors (Lipinski definition) is 3.